The van der Waals surface area contributed by atoms with Gasteiger partial charge in [0.2, 0.25) is 0 Å². The molecule has 0 atom stereocenters. The topological polar surface area (TPSA) is 35.5 Å². The second-order valence-corrected chi connectivity index (χ2v) is 8.53. The van der Waals surface area contributed by atoms with Crippen LogP contribution in [0.15, 0.2) is 23.7 Å². The van der Waals surface area contributed by atoms with Crippen LogP contribution < -0.4 is 0 Å². The standard InChI is InChI=1S/C19H27BO3S/c1-13-9-8-10-16(14(13)2)11-17(12-24-15(3)21)20-22-18(4,5)19(6,7)23-20/h8-11H,12H2,1-7H3. The number of carbonyl (C=O) groups is 1. The molecular formula is C19H27BO3S. The number of aryl methyl sites for hydroxylation is 1. The van der Waals surface area contributed by atoms with Gasteiger partial charge < -0.3 is 9.31 Å². The van der Waals surface area contributed by atoms with E-state index in [1.54, 1.807) is 6.92 Å². The van der Waals surface area contributed by atoms with E-state index in [1.807, 2.05) is 33.8 Å². The molecular weight excluding hydrogens is 319 g/mol. The van der Waals surface area contributed by atoms with E-state index in [9.17, 15) is 4.79 Å². The number of hydrogen-bond donors (Lipinski definition) is 0. The van der Waals surface area contributed by atoms with Gasteiger partial charge in [-0.15, -0.1) is 0 Å². The first kappa shape index (κ1) is 19.3. The minimum atomic E-state index is -0.429. The van der Waals surface area contributed by atoms with E-state index in [0.717, 1.165) is 11.0 Å². The third kappa shape index (κ3) is 4.13. The maximum absolute atomic E-state index is 11.4. The van der Waals surface area contributed by atoms with Gasteiger partial charge in [0.1, 0.15) is 0 Å². The lowest BCUT2D eigenvalue weighted by Gasteiger charge is -2.32. The molecule has 0 aliphatic carbocycles. The molecule has 0 spiro atoms. The van der Waals surface area contributed by atoms with Crippen molar-refractivity contribution in [3.63, 3.8) is 0 Å². The zero-order chi connectivity index (χ0) is 18.1. The van der Waals surface area contributed by atoms with E-state index in [2.05, 4.69) is 32.1 Å². The highest BCUT2D eigenvalue weighted by Gasteiger charge is 2.52. The highest BCUT2D eigenvalue weighted by molar-refractivity contribution is 8.13. The zero-order valence-electron chi connectivity index (χ0n) is 15.7. The average molecular weight is 346 g/mol. The van der Waals surface area contributed by atoms with Crippen molar-refractivity contribution >= 4 is 30.1 Å². The predicted molar refractivity (Wildman–Crippen MR) is 103 cm³/mol. The summed E-state index contributed by atoms with van der Waals surface area (Å²) in [5.74, 6) is 0.569. The molecule has 1 saturated heterocycles. The van der Waals surface area contributed by atoms with E-state index >= 15 is 0 Å². The number of benzene rings is 1. The van der Waals surface area contributed by atoms with Crippen LogP contribution in [-0.4, -0.2) is 29.2 Å². The largest absolute Gasteiger partial charge is 0.491 e. The molecule has 2 rings (SSSR count). The van der Waals surface area contributed by atoms with Crippen molar-refractivity contribution in [1.29, 1.82) is 0 Å². The molecule has 1 aliphatic rings. The van der Waals surface area contributed by atoms with E-state index < -0.39 is 7.12 Å². The molecule has 0 amide bonds. The van der Waals surface area contributed by atoms with Gasteiger partial charge in [-0.05, 0) is 63.7 Å². The van der Waals surface area contributed by atoms with Crippen molar-refractivity contribution in [3.05, 3.63) is 40.4 Å². The van der Waals surface area contributed by atoms with Crippen LogP contribution in [-0.2, 0) is 14.1 Å². The Labute approximate surface area is 150 Å². The molecule has 5 heteroatoms. The monoisotopic (exact) mass is 346 g/mol. The van der Waals surface area contributed by atoms with Crippen LogP contribution >= 0.6 is 11.8 Å². The second kappa shape index (κ2) is 7.07. The van der Waals surface area contributed by atoms with Crippen molar-refractivity contribution in [2.24, 2.45) is 0 Å². The number of carbonyl (C=O) groups excluding carboxylic acids is 1. The summed E-state index contributed by atoms with van der Waals surface area (Å²) in [6.45, 7) is 14.0. The second-order valence-electron chi connectivity index (χ2n) is 7.38. The maximum atomic E-state index is 11.4. The van der Waals surface area contributed by atoms with Crippen LogP contribution in [0, 0.1) is 13.8 Å². The fourth-order valence-electron chi connectivity index (χ4n) is 2.49. The van der Waals surface area contributed by atoms with Crippen LogP contribution in [0.2, 0.25) is 0 Å². The van der Waals surface area contributed by atoms with Crippen molar-refractivity contribution in [3.8, 4) is 0 Å². The van der Waals surface area contributed by atoms with Crippen molar-refractivity contribution < 1.29 is 14.1 Å². The first-order valence-electron chi connectivity index (χ1n) is 8.29. The fourth-order valence-corrected chi connectivity index (χ4v) is 3.08. The van der Waals surface area contributed by atoms with Gasteiger partial charge in [0.25, 0.3) is 0 Å². The van der Waals surface area contributed by atoms with E-state index in [4.69, 9.17) is 9.31 Å². The van der Waals surface area contributed by atoms with Gasteiger partial charge in [-0.3, -0.25) is 4.79 Å². The highest BCUT2D eigenvalue weighted by atomic mass is 32.2. The molecule has 0 N–H and O–H groups in total. The first-order chi connectivity index (χ1) is 11.0. The minimum Gasteiger partial charge on any atom is -0.400 e. The number of rotatable bonds is 4. The quantitative estimate of drug-likeness (QED) is 0.747. The number of thioether (sulfide) groups is 1. The van der Waals surface area contributed by atoms with E-state index in [1.165, 1.54) is 22.9 Å². The van der Waals surface area contributed by atoms with Crippen molar-refractivity contribution in [2.45, 2.75) is 59.7 Å². The molecule has 0 saturated carbocycles. The molecule has 3 nitrogen and oxygen atoms in total. The SMILES string of the molecule is CC(=O)SCC(=Cc1cccc(C)c1C)B1OC(C)(C)C(C)(C)O1. The molecule has 1 aromatic carbocycles. The van der Waals surface area contributed by atoms with Gasteiger partial charge in [-0.2, -0.15) is 0 Å². The Balaban J connectivity index is 2.37. The van der Waals surface area contributed by atoms with Crippen molar-refractivity contribution in [1.82, 2.24) is 0 Å². The molecule has 130 valence electrons. The zero-order valence-corrected chi connectivity index (χ0v) is 16.5. The lowest BCUT2D eigenvalue weighted by atomic mass is 9.78. The molecule has 1 heterocycles. The van der Waals surface area contributed by atoms with Gasteiger partial charge in [0.05, 0.1) is 11.2 Å². The lowest BCUT2D eigenvalue weighted by molar-refractivity contribution is -0.109. The molecule has 0 bridgehead atoms. The van der Waals surface area contributed by atoms with Crippen LogP contribution in [0.3, 0.4) is 0 Å². The van der Waals surface area contributed by atoms with E-state index in [0.29, 0.717) is 5.75 Å². The Morgan fingerprint density at radius 3 is 2.29 bits per heavy atom. The van der Waals surface area contributed by atoms with Crippen LogP contribution in [0.4, 0.5) is 0 Å². The fraction of sp³-hybridized carbons (Fsp3) is 0.526. The normalized spacial score (nSPS) is 19.6. The van der Waals surface area contributed by atoms with Gasteiger partial charge in [-0.25, -0.2) is 0 Å². The summed E-state index contributed by atoms with van der Waals surface area (Å²) in [6, 6.07) is 6.24. The Kier molecular flexibility index (Phi) is 5.68. The molecule has 1 aliphatic heterocycles. The van der Waals surface area contributed by atoms with Crippen LogP contribution in [0.1, 0.15) is 51.3 Å². The number of hydrogen-bond acceptors (Lipinski definition) is 4. The van der Waals surface area contributed by atoms with Gasteiger partial charge in [0.15, 0.2) is 5.12 Å². The van der Waals surface area contributed by atoms with Gasteiger partial charge in [0, 0.05) is 12.7 Å². The molecule has 0 aromatic heterocycles. The first-order valence-corrected chi connectivity index (χ1v) is 9.28. The summed E-state index contributed by atoms with van der Waals surface area (Å²) in [5, 5.41) is 0.0957. The van der Waals surface area contributed by atoms with Crippen LogP contribution in [0.25, 0.3) is 6.08 Å². The average Bonchev–Trinajstić information content (AvgIpc) is 2.67. The summed E-state index contributed by atoms with van der Waals surface area (Å²) in [7, 11) is -0.429. The highest BCUT2D eigenvalue weighted by Crippen LogP contribution is 2.39. The van der Waals surface area contributed by atoms with Gasteiger partial charge >= 0.3 is 7.12 Å². The Bertz CT molecular complexity index is 649. The minimum absolute atomic E-state index is 0.0957. The Morgan fingerprint density at radius 1 is 1.17 bits per heavy atom. The third-order valence-corrected chi connectivity index (χ3v) is 5.87. The molecule has 0 radical (unpaired) electrons. The summed E-state index contributed by atoms with van der Waals surface area (Å²) < 4.78 is 12.4. The smallest absolute Gasteiger partial charge is 0.400 e. The van der Waals surface area contributed by atoms with Gasteiger partial charge in [-0.1, -0.05) is 36.0 Å². The predicted octanol–water partition coefficient (Wildman–Crippen LogP) is 4.60. The summed E-state index contributed by atoms with van der Waals surface area (Å²) in [6.07, 6.45) is 2.11. The lowest BCUT2D eigenvalue weighted by Crippen LogP contribution is -2.41. The Morgan fingerprint density at radius 2 is 1.75 bits per heavy atom. The van der Waals surface area contributed by atoms with Crippen molar-refractivity contribution in [2.75, 3.05) is 5.75 Å². The van der Waals surface area contributed by atoms with E-state index in [-0.39, 0.29) is 16.3 Å². The Hall–Kier alpha value is -1.04. The van der Waals surface area contributed by atoms with Crippen LogP contribution in [0.5, 0.6) is 0 Å². The molecule has 24 heavy (non-hydrogen) atoms. The molecule has 1 aromatic rings. The third-order valence-electron chi connectivity index (χ3n) is 4.99. The molecule has 1 fully saturated rings. The molecule has 0 unspecified atom stereocenters. The summed E-state index contributed by atoms with van der Waals surface area (Å²) in [5.41, 5.74) is 3.83. The summed E-state index contributed by atoms with van der Waals surface area (Å²) >= 11 is 1.29. The summed E-state index contributed by atoms with van der Waals surface area (Å²) in [4.78, 5) is 11.4. The maximum Gasteiger partial charge on any atom is 0.491 e.